The van der Waals surface area contributed by atoms with Gasteiger partial charge in [0, 0.05) is 31.5 Å². The van der Waals surface area contributed by atoms with Crippen LogP contribution in [0.3, 0.4) is 0 Å². The topological polar surface area (TPSA) is 55.0 Å². The highest BCUT2D eigenvalue weighted by Gasteiger charge is 2.09. The van der Waals surface area contributed by atoms with Crippen LogP contribution in [0.4, 0.5) is 5.95 Å². The number of aromatic nitrogens is 2. The van der Waals surface area contributed by atoms with Gasteiger partial charge in [0.05, 0.1) is 0 Å². The van der Waals surface area contributed by atoms with Crippen LogP contribution in [0.25, 0.3) is 0 Å². The predicted octanol–water partition coefficient (Wildman–Crippen LogP) is 1.85. The molecule has 0 bridgehead atoms. The van der Waals surface area contributed by atoms with E-state index < -0.39 is 0 Å². The molecular formula is C13H24N4. The molecule has 17 heavy (non-hydrogen) atoms. The molecule has 0 fully saturated rings. The smallest absolute Gasteiger partial charge is 0.225 e. The summed E-state index contributed by atoms with van der Waals surface area (Å²) in [5, 5.41) is 0. The van der Waals surface area contributed by atoms with Crippen molar-refractivity contribution in [1.82, 2.24) is 9.97 Å². The van der Waals surface area contributed by atoms with E-state index in [1.807, 2.05) is 19.3 Å². The van der Waals surface area contributed by atoms with E-state index in [9.17, 15) is 0 Å². The number of nitrogens with zero attached hydrogens (tertiary/aromatic N) is 3. The lowest BCUT2D eigenvalue weighted by Crippen LogP contribution is -2.29. The SMILES string of the molecule is CCN(CC(C)C)c1ncc(CC(C)N)cn1. The molecule has 4 heteroatoms. The van der Waals surface area contributed by atoms with Crippen LogP contribution in [0.2, 0.25) is 0 Å². The van der Waals surface area contributed by atoms with E-state index in [1.54, 1.807) is 0 Å². The molecule has 2 N–H and O–H groups in total. The van der Waals surface area contributed by atoms with Crippen molar-refractivity contribution in [2.75, 3.05) is 18.0 Å². The van der Waals surface area contributed by atoms with Gasteiger partial charge in [-0.3, -0.25) is 0 Å². The molecule has 0 aliphatic carbocycles. The molecule has 0 saturated carbocycles. The Morgan fingerprint density at radius 3 is 2.24 bits per heavy atom. The molecular weight excluding hydrogens is 212 g/mol. The molecule has 96 valence electrons. The van der Waals surface area contributed by atoms with E-state index in [-0.39, 0.29) is 6.04 Å². The Hall–Kier alpha value is -1.16. The monoisotopic (exact) mass is 236 g/mol. The van der Waals surface area contributed by atoms with Gasteiger partial charge < -0.3 is 10.6 Å². The molecule has 4 nitrogen and oxygen atoms in total. The van der Waals surface area contributed by atoms with Crippen LogP contribution >= 0.6 is 0 Å². The highest BCUT2D eigenvalue weighted by Crippen LogP contribution is 2.10. The van der Waals surface area contributed by atoms with Crippen LogP contribution in [-0.4, -0.2) is 29.1 Å². The molecule has 1 aromatic rings. The normalized spacial score (nSPS) is 12.8. The summed E-state index contributed by atoms with van der Waals surface area (Å²) in [6, 6.07) is 0.155. The molecule has 0 radical (unpaired) electrons. The van der Waals surface area contributed by atoms with Gasteiger partial charge in [-0.2, -0.15) is 0 Å². The fourth-order valence-corrected chi connectivity index (χ4v) is 1.78. The maximum Gasteiger partial charge on any atom is 0.225 e. The van der Waals surface area contributed by atoms with Gasteiger partial charge in [0.2, 0.25) is 5.95 Å². The fourth-order valence-electron chi connectivity index (χ4n) is 1.78. The van der Waals surface area contributed by atoms with Crippen LogP contribution < -0.4 is 10.6 Å². The Bertz CT molecular complexity index is 319. The number of nitrogens with two attached hydrogens (primary N) is 1. The van der Waals surface area contributed by atoms with Gasteiger partial charge in [-0.1, -0.05) is 13.8 Å². The summed E-state index contributed by atoms with van der Waals surface area (Å²) in [7, 11) is 0. The quantitative estimate of drug-likeness (QED) is 0.819. The van der Waals surface area contributed by atoms with Crippen molar-refractivity contribution in [2.45, 2.75) is 40.2 Å². The number of hydrogen-bond acceptors (Lipinski definition) is 4. The number of hydrogen-bond donors (Lipinski definition) is 1. The minimum absolute atomic E-state index is 0.155. The molecule has 0 amide bonds. The summed E-state index contributed by atoms with van der Waals surface area (Å²) >= 11 is 0. The Balaban J connectivity index is 2.70. The third kappa shape index (κ3) is 4.69. The first-order chi connectivity index (χ1) is 8.02. The van der Waals surface area contributed by atoms with Crippen molar-refractivity contribution >= 4 is 5.95 Å². The Morgan fingerprint density at radius 1 is 1.24 bits per heavy atom. The van der Waals surface area contributed by atoms with Crippen molar-refractivity contribution in [2.24, 2.45) is 11.7 Å². The minimum Gasteiger partial charge on any atom is -0.341 e. The molecule has 1 rings (SSSR count). The summed E-state index contributed by atoms with van der Waals surface area (Å²) in [4.78, 5) is 11.0. The molecule has 0 aliphatic heterocycles. The van der Waals surface area contributed by atoms with Gasteiger partial charge in [0.25, 0.3) is 0 Å². The predicted molar refractivity (Wildman–Crippen MR) is 72.1 cm³/mol. The molecule has 0 saturated heterocycles. The molecule has 1 atom stereocenters. The Kier molecular flexibility index (Phi) is 5.35. The lowest BCUT2D eigenvalue weighted by atomic mass is 10.1. The Labute approximate surface area is 104 Å². The molecule has 0 aromatic carbocycles. The third-order valence-electron chi connectivity index (χ3n) is 2.50. The van der Waals surface area contributed by atoms with Crippen molar-refractivity contribution in [3.05, 3.63) is 18.0 Å². The van der Waals surface area contributed by atoms with Crippen molar-refractivity contribution in [3.8, 4) is 0 Å². The summed E-state index contributed by atoms with van der Waals surface area (Å²) in [5.41, 5.74) is 6.85. The van der Waals surface area contributed by atoms with E-state index in [1.165, 1.54) is 0 Å². The van der Waals surface area contributed by atoms with E-state index in [2.05, 4.69) is 35.6 Å². The van der Waals surface area contributed by atoms with Gasteiger partial charge in [-0.05, 0) is 31.7 Å². The zero-order valence-corrected chi connectivity index (χ0v) is 11.3. The number of rotatable bonds is 6. The van der Waals surface area contributed by atoms with Gasteiger partial charge >= 0.3 is 0 Å². The largest absolute Gasteiger partial charge is 0.341 e. The first kappa shape index (κ1) is 13.9. The third-order valence-corrected chi connectivity index (χ3v) is 2.50. The first-order valence-electron chi connectivity index (χ1n) is 6.34. The van der Waals surface area contributed by atoms with E-state index in [0.29, 0.717) is 5.92 Å². The molecule has 1 unspecified atom stereocenters. The van der Waals surface area contributed by atoms with Crippen LogP contribution in [0.15, 0.2) is 12.4 Å². The van der Waals surface area contributed by atoms with Gasteiger partial charge in [-0.15, -0.1) is 0 Å². The molecule has 1 aromatic heterocycles. The van der Waals surface area contributed by atoms with Crippen LogP contribution in [0.1, 0.15) is 33.3 Å². The second-order valence-corrected chi connectivity index (χ2v) is 5.01. The Morgan fingerprint density at radius 2 is 1.82 bits per heavy atom. The summed E-state index contributed by atoms with van der Waals surface area (Å²) in [6.07, 6.45) is 4.60. The van der Waals surface area contributed by atoms with Gasteiger partial charge in [0.15, 0.2) is 0 Å². The van der Waals surface area contributed by atoms with Crippen molar-refractivity contribution < 1.29 is 0 Å². The van der Waals surface area contributed by atoms with E-state index >= 15 is 0 Å². The second-order valence-electron chi connectivity index (χ2n) is 5.01. The molecule has 0 aliphatic rings. The zero-order chi connectivity index (χ0) is 12.8. The van der Waals surface area contributed by atoms with Gasteiger partial charge in [-0.25, -0.2) is 9.97 Å². The zero-order valence-electron chi connectivity index (χ0n) is 11.3. The highest BCUT2D eigenvalue weighted by atomic mass is 15.2. The summed E-state index contributed by atoms with van der Waals surface area (Å²) in [6.45, 7) is 10.4. The van der Waals surface area contributed by atoms with Crippen LogP contribution in [0, 0.1) is 5.92 Å². The van der Waals surface area contributed by atoms with Crippen LogP contribution in [-0.2, 0) is 6.42 Å². The first-order valence-corrected chi connectivity index (χ1v) is 6.34. The number of anilines is 1. The van der Waals surface area contributed by atoms with Crippen molar-refractivity contribution in [3.63, 3.8) is 0 Å². The lowest BCUT2D eigenvalue weighted by Gasteiger charge is -2.22. The second kappa shape index (κ2) is 6.55. The fraction of sp³-hybridized carbons (Fsp3) is 0.692. The average Bonchev–Trinajstić information content (AvgIpc) is 2.26. The standard InChI is InChI=1S/C13H24N4/c1-5-17(9-10(2)3)13-15-7-12(8-16-13)6-11(4)14/h7-8,10-11H,5-6,9,14H2,1-4H3. The van der Waals surface area contributed by atoms with E-state index in [0.717, 1.165) is 31.0 Å². The lowest BCUT2D eigenvalue weighted by molar-refractivity contribution is 0.608. The summed E-state index contributed by atoms with van der Waals surface area (Å²) in [5.74, 6) is 1.43. The summed E-state index contributed by atoms with van der Waals surface area (Å²) < 4.78 is 0. The average molecular weight is 236 g/mol. The maximum atomic E-state index is 5.75. The molecule has 1 heterocycles. The van der Waals surface area contributed by atoms with Gasteiger partial charge in [0.1, 0.15) is 0 Å². The highest BCUT2D eigenvalue weighted by molar-refractivity contribution is 5.29. The minimum atomic E-state index is 0.155. The maximum absolute atomic E-state index is 5.75. The molecule has 0 spiro atoms. The van der Waals surface area contributed by atoms with Crippen molar-refractivity contribution in [1.29, 1.82) is 0 Å². The van der Waals surface area contributed by atoms with Crippen LogP contribution in [0.5, 0.6) is 0 Å². The van der Waals surface area contributed by atoms with E-state index in [4.69, 9.17) is 5.73 Å².